The van der Waals surface area contributed by atoms with Gasteiger partial charge >= 0.3 is 5.97 Å². The summed E-state index contributed by atoms with van der Waals surface area (Å²) in [5, 5.41) is -0.359. The van der Waals surface area contributed by atoms with Crippen LogP contribution in [0.3, 0.4) is 0 Å². The van der Waals surface area contributed by atoms with Crippen LogP contribution in [-0.2, 0) is 14.3 Å². The highest BCUT2D eigenvalue weighted by Crippen LogP contribution is 2.46. The van der Waals surface area contributed by atoms with Crippen LogP contribution in [0.15, 0.2) is 83.8 Å². The van der Waals surface area contributed by atoms with E-state index in [9.17, 15) is 9.59 Å². The van der Waals surface area contributed by atoms with Crippen LogP contribution in [0.5, 0.6) is 5.75 Å². The van der Waals surface area contributed by atoms with Crippen LogP contribution in [0, 0.1) is 6.92 Å². The molecule has 3 aromatic rings. The number of methoxy groups -OCH3 is 1. The fourth-order valence-electron chi connectivity index (χ4n) is 3.77. The van der Waals surface area contributed by atoms with Crippen molar-refractivity contribution in [2.45, 2.75) is 30.1 Å². The van der Waals surface area contributed by atoms with Crippen molar-refractivity contribution in [1.29, 1.82) is 0 Å². The van der Waals surface area contributed by atoms with Crippen molar-refractivity contribution in [3.8, 4) is 5.75 Å². The molecular formula is C29H34N2O4S. The van der Waals surface area contributed by atoms with Crippen molar-refractivity contribution in [3.05, 3.63) is 90.0 Å². The Morgan fingerprint density at radius 1 is 0.972 bits per heavy atom. The number of hydrogen-bond donors (Lipinski definition) is 0. The van der Waals surface area contributed by atoms with E-state index in [0.29, 0.717) is 13.1 Å². The number of amides is 1. The molecular weight excluding hydrogens is 472 g/mol. The van der Waals surface area contributed by atoms with Crippen molar-refractivity contribution in [2.24, 2.45) is 0 Å². The number of thioether (sulfide) groups is 1. The fraction of sp³-hybridized carbons (Fsp3) is 0.310. The van der Waals surface area contributed by atoms with Gasteiger partial charge in [0.25, 0.3) is 5.91 Å². The molecule has 1 amide bonds. The second kappa shape index (κ2) is 13.1. The molecule has 1 heterocycles. The number of fused-ring (bicyclic) bond motifs is 1. The predicted octanol–water partition coefficient (Wildman–Crippen LogP) is 5.36. The minimum atomic E-state index is -0.916. The van der Waals surface area contributed by atoms with Crippen LogP contribution in [-0.4, -0.2) is 57.2 Å². The van der Waals surface area contributed by atoms with Crippen molar-refractivity contribution in [2.75, 3.05) is 39.2 Å². The van der Waals surface area contributed by atoms with Crippen LogP contribution in [0.25, 0.3) is 0 Å². The van der Waals surface area contributed by atoms with Gasteiger partial charge in [-0.15, -0.1) is 11.8 Å². The number of nitrogens with zero attached hydrogens (tertiary/aromatic N) is 2. The van der Waals surface area contributed by atoms with Gasteiger partial charge in [-0.05, 0) is 50.8 Å². The molecule has 0 radical (unpaired) electrons. The molecule has 0 unspecified atom stereocenters. The van der Waals surface area contributed by atoms with Crippen LogP contribution in [0.2, 0.25) is 0 Å². The molecule has 3 aromatic carbocycles. The van der Waals surface area contributed by atoms with Crippen LogP contribution in [0.4, 0.5) is 5.69 Å². The summed E-state index contributed by atoms with van der Waals surface area (Å²) in [6.45, 7) is 4.63. The van der Waals surface area contributed by atoms with Gasteiger partial charge in [-0.25, -0.2) is 0 Å². The summed E-state index contributed by atoms with van der Waals surface area (Å²) >= 11 is 1.54. The van der Waals surface area contributed by atoms with E-state index in [4.69, 9.17) is 9.47 Å². The van der Waals surface area contributed by atoms with Crippen LogP contribution < -0.4 is 9.64 Å². The third-order valence-electron chi connectivity index (χ3n) is 5.64. The Bertz CT molecular complexity index is 1140. The molecule has 0 spiro atoms. The lowest BCUT2D eigenvalue weighted by Gasteiger charge is -2.28. The van der Waals surface area contributed by atoms with Gasteiger partial charge in [0.15, 0.2) is 6.10 Å². The minimum absolute atomic E-state index is 0.208. The second-order valence-corrected chi connectivity index (χ2v) is 9.94. The number of aryl methyl sites for hydroxylation is 1. The van der Waals surface area contributed by atoms with Crippen LogP contribution >= 0.6 is 11.8 Å². The number of hydrogen-bond acceptors (Lipinski definition) is 6. The molecule has 0 saturated heterocycles. The van der Waals surface area contributed by atoms with E-state index in [1.807, 2.05) is 85.7 Å². The van der Waals surface area contributed by atoms with Gasteiger partial charge in [0.1, 0.15) is 5.75 Å². The first-order valence-electron chi connectivity index (χ1n) is 11.8. The topological polar surface area (TPSA) is 59.1 Å². The number of likely N-dealkylation sites (N-methyl/N-ethyl adjacent to an activating group) is 1. The molecule has 0 saturated carbocycles. The van der Waals surface area contributed by atoms with Crippen molar-refractivity contribution < 1.29 is 19.1 Å². The Hall–Kier alpha value is -3.29. The number of benzene rings is 3. The molecule has 36 heavy (non-hydrogen) atoms. The first-order valence-corrected chi connectivity index (χ1v) is 12.7. The summed E-state index contributed by atoms with van der Waals surface area (Å²) in [5.74, 6) is 0.0528. The molecule has 2 atom stereocenters. The van der Waals surface area contributed by atoms with E-state index >= 15 is 0 Å². The molecule has 0 aromatic heterocycles. The number of rotatable bonds is 6. The average Bonchev–Trinajstić information content (AvgIpc) is 2.98. The predicted molar refractivity (Wildman–Crippen MR) is 146 cm³/mol. The lowest BCUT2D eigenvalue weighted by Crippen LogP contribution is -2.45. The summed E-state index contributed by atoms with van der Waals surface area (Å²) in [6, 6.07) is 25.6. The van der Waals surface area contributed by atoms with Crippen molar-refractivity contribution >= 4 is 29.3 Å². The van der Waals surface area contributed by atoms with Gasteiger partial charge in [0.05, 0.1) is 18.0 Å². The van der Waals surface area contributed by atoms with Gasteiger partial charge in [-0.2, -0.15) is 0 Å². The van der Waals surface area contributed by atoms with Gasteiger partial charge in [0, 0.05) is 24.9 Å². The first kappa shape index (κ1) is 27.3. The van der Waals surface area contributed by atoms with Gasteiger partial charge in [0.2, 0.25) is 0 Å². The Morgan fingerprint density at radius 2 is 1.61 bits per heavy atom. The van der Waals surface area contributed by atoms with Gasteiger partial charge in [-0.1, -0.05) is 60.2 Å². The smallest absolute Gasteiger partial charge is 0.303 e. The number of esters is 1. The quantitative estimate of drug-likeness (QED) is 0.420. The summed E-state index contributed by atoms with van der Waals surface area (Å²) < 4.78 is 10.8. The van der Waals surface area contributed by atoms with E-state index in [1.165, 1.54) is 12.5 Å². The summed E-state index contributed by atoms with van der Waals surface area (Å²) in [4.78, 5) is 30.2. The Balaban J connectivity index is 0.000000444. The lowest BCUT2D eigenvalue weighted by atomic mass is 10.1. The monoisotopic (exact) mass is 506 g/mol. The number of anilines is 1. The average molecular weight is 507 g/mol. The minimum Gasteiger partial charge on any atom is -0.497 e. The highest BCUT2D eigenvalue weighted by molar-refractivity contribution is 7.99. The third kappa shape index (κ3) is 7.35. The molecule has 0 aliphatic carbocycles. The van der Waals surface area contributed by atoms with E-state index in [0.717, 1.165) is 21.9 Å². The molecule has 4 rings (SSSR count). The molecule has 6 nitrogen and oxygen atoms in total. The van der Waals surface area contributed by atoms with E-state index in [-0.39, 0.29) is 11.2 Å². The lowest BCUT2D eigenvalue weighted by molar-refractivity contribution is -0.152. The van der Waals surface area contributed by atoms with E-state index < -0.39 is 12.1 Å². The zero-order valence-electron chi connectivity index (χ0n) is 21.5. The number of carbonyl (C=O) groups is 2. The normalized spacial score (nSPS) is 16.9. The Kier molecular flexibility index (Phi) is 9.96. The summed E-state index contributed by atoms with van der Waals surface area (Å²) in [6.07, 6.45) is -0.916. The largest absolute Gasteiger partial charge is 0.497 e. The first-order chi connectivity index (χ1) is 17.3. The maximum Gasteiger partial charge on any atom is 0.303 e. The molecule has 0 bridgehead atoms. The highest BCUT2D eigenvalue weighted by atomic mass is 32.2. The standard InChI is InChI=1S/C22H26N2O4S.C7H8/c1-15(25)28-20-21(16-9-11-17(27-4)12-10-16)29-19-8-6-5-7-18(19)24(22(20)26)14-13-23(2)3;1-7-5-3-2-4-6-7/h5-12,20-21H,13-14H2,1-4H3;2-6H,1H3/t20-,21+;/m1./s1. The third-order valence-corrected chi connectivity index (χ3v) is 7.02. The SMILES string of the molecule is COc1ccc([C@@H]2Sc3ccccc3N(CCN(C)C)C(=O)[C@@H]2OC(C)=O)cc1.Cc1ccccc1. The molecule has 190 valence electrons. The molecule has 1 aliphatic heterocycles. The molecule has 7 heteroatoms. The van der Waals surface area contributed by atoms with E-state index in [1.54, 1.807) is 23.8 Å². The zero-order valence-corrected chi connectivity index (χ0v) is 22.3. The zero-order chi connectivity index (χ0) is 26.1. The number of carbonyl (C=O) groups excluding carboxylic acids is 2. The fourth-order valence-corrected chi connectivity index (χ4v) is 5.09. The van der Waals surface area contributed by atoms with Crippen molar-refractivity contribution in [3.63, 3.8) is 0 Å². The number of para-hydroxylation sites is 1. The van der Waals surface area contributed by atoms with Gasteiger partial charge < -0.3 is 19.3 Å². The van der Waals surface area contributed by atoms with Gasteiger partial charge in [-0.3, -0.25) is 9.59 Å². The summed E-state index contributed by atoms with van der Waals surface area (Å²) in [7, 11) is 5.54. The molecule has 1 aliphatic rings. The maximum absolute atomic E-state index is 13.6. The number of ether oxygens (including phenoxy) is 2. The molecule has 0 fully saturated rings. The second-order valence-electron chi connectivity index (χ2n) is 8.76. The Labute approximate surface area is 218 Å². The summed E-state index contributed by atoms with van der Waals surface area (Å²) in [5.41, 5.74) is 3.07. The highest BCUT2D eigenvalue weighted by Gasteiger charge is 2.40. The van der Waals surface area contributed by atoms with Crippen LogP contribution in [0.1, 0.15) is 23.3 Å². The van der Waals surface area contributed by atoms with Crippen molar-refractivity contribution in [1.82, 2.24) is 4.90 Å². The molecule has 0 N–H and O–H groups in total. The van der Waals surface area contributed by atoms with E-state index in [2.05, 4.69) is 19.1 Å². The Morgan fingerprint density at radius 3 is 2.17 bits per heavy atom. The maximum atomic E-state index is 13.6.